The third kappa shape index (κ3) is 2.80. The van der Waals surface area contributed by atoms with Crippen LogP contribution < -0.4 is 10.5 Å². The second kappa shape index (κ2) is 5.42. The molecule has 1 aromatic rings. The number of halogens is 2. The first kappa shape index (κ1) is 13.1. The number of pyridine rings is 1. The zero-order valence-electron chi connectivity index (χ0n) is 9.37. The van der Waals surface area contributed by atoms with E-state index in [4.69, 9.17) is 10.5 Å². The summed E-state index contributed by atoms with van der Waals surface area (Å²) >= 11 is 0. The molecule has 0 fully saturated rings. The number of nitrogens with zero attached hydrogens (tertiary/aromatic N) is 1. The van der Waals surface area contributed by atoms with Crippen LogP contribution in [0, 0.1) is 0 Å². The Kier molecular flexibility index (Phi) is 4.19. The highest BCUT2D eigenvalue weighted by Gasteiger charge is 2.21. The molecule has 1 heterocycles. The molecule has 0 amide bonds. The minimum Gasteiger partial charge on any atom is -0.492 e. The highest BCUT2D eigenvalue weighted by atomic mass is 19.3. The van der Waals surface area contributed by atoms with E-state index in [-0.39, 0.29) is 23.4 Å². The summed E-state index contributed by atoms with van der Waals surface area (Å²) in [7, 11) is 2.43. The van der Waals surface area contributed by atoms with Gasteiger partial charge in [0.25, 0.3) is 6.43 Å². The lowest BCUT2D eigenvalue weighted by atomic mass is 10.1. The Balaban J connectivity index is 3.15. The highest BCUT2D eigenvalue weighted by molar-refractivity contribution is 5.76. The number of anilines is 1. The number of alkyl halides is 2. The summed E-state index contributed by atoms with van der Waals surface area (Å²) in [5, 5.41) is 0. The fraction of sp³-hybridized carbons (Fsp3) is 0.400. The zero-order valence-corrected chi connectivity index (χ0v) is 9.37. The van der Waals surface area contributed by atoms with Crippen molar-refractivity contribution in [2.24, 2.45) is 0 Å². The lowest BCUT2D eigenvalue weighted by Crippen LogP contribution is -2.10. The molecule has 0 atom stereocenters. The number of esters is 1. The van der Waals surface area contributed by atoms with Gasteiger partial charge in [-0.05, 0) is 0 Å². The summed E-state index contributed by atoms with van der Waals surface area (Å²) in [4.78, 5) is 14.6. The van der Waals surface area contributed by atoms with Crippen LogP contribution in [0.5, 0.6) is 5.75 Å². The number of aromatic nitrogens is 1. The Labute approximate surface area is 96.5 Å². The Morgan fingerprint density at radius 2 is 2.18 bits per heavy atom. The van der Waals surface area contributed by atoms with Crippen LogP contribution in [0.2, 0.25) is 0 Å². The SMILES string of the molecule is COC(=O)Cc1cnc(C(F)F)c(OC)c1N. The first-order valence-corrected chi connectivity index (χ1v) is 4.67. The summed E-state index contributed by atoms with van der Waals surface area (Å²) in [6.45, 7) is 0. The fourth-order valence-corrected chi connectivity index (χ4v) is 1.30. The first-order valence-electron chi connectivity index (χ1n) is 4.67. The van der Waals surface area contributed by atoms with Crippen LogP contribution in [0.1, 0.15) is 17.7 Å². The molecule has 0 aliphatic carbocycles. The van der Waals surface area contributed by atoms with E-state index in [1.807, 2.05) is 0 Å². The Morgan fingerprint density at radius 1 is 1.53 bits per heavy atom. The van der Waals surface area contributed by atoms with Crippen LogP contribution in [-0.2, 0) is 16.0 Å². The van der Waals surface area contributed by atoms with E-state index < -0.39 is 18.1 Å². The maximum atomic E-state index is 12.6. The van der Waals surface area contributed by atoms with E-state index in [1.54, 1.807) is 0 Å². The number of nitrogens with two attached hydrogens (primary N) is 1. The Hall–Kier alpha value is -1.92. The monoisotopic (exact) mass is 246 g/mol. The molecule has 0 bridgehead atoms. The quantitative estimate of drug-likeness (QED) is 0.811. The second-order valence-corrected chi connectivity index (χ2v) is 3.17. The minimum atomic E-state index is -2.79. The Bertz CT molecular complexity index is 424. The molecule has 94 valence electrons. The molecule has 0 saturated carbocycles. The molecule has 0 spiro atoms. The van der Waals surface area contributed by atoms with E-state index >= 15 is 0 Å². The van der Waals surface area contributed by atoms with Crippen molar-refractivity contribution in [3.8, 4) is 5.75 Å². The van der Waals surface area contributed by atoms with Gasteiger partial charge in [0.1, 0.15) is 0 Å². The van der Waals surface area contributed by atoms with Gasteiger partial charge in [-0.1, -0.05) is 0 Å². The van der Waals surface area contributed by atoms with Crippen LogP contribution in [0.25, 0.3) is 0 Å². The molecule has 1 rings (SSSR count). The van der Waals surface area contributed by atoms with Crippen LogP contribution >= 0.6 is 0 Å². The van der Waals surface area contributed by atoms with Gasteiger partial charge in [-0.25, -0.2) is 8.78 Å². The average molecular weight is 246 g/mol. The van der Waals surface area contributed by atoms with Crippen molar-refractivity contribution >= 4 is 11.7 Å². The predicted molar refractivity (Wildman–Crippen MR) is 55.9 cm³/mol. The normalized spacial score (nSPS) is 10.4. The molecule has 0 radical (unpaired) electrons. The van der Waals surface area contributed by atoms with Gasteiger partial charge in [0.05, 0.1) is 26.3 Å². The molecule has 0 aliphatic heterocycles. The van der Waals surface area contributed by atoms with Crippen molar-refractivity contribution in [2.75, 3.05) is 20.0 Å². The average Bonchev–Trinajstić information content (AvgIpc) is 2.30. The third-order valence-corrected chi connectivity index (χ3v) is 2.16. The number of methoxy groups -OCH3 is 2. The van der Waals surface area contributed by atoms with Gasteiger partial charge in [-0.15, -0.1) is 0 Å². The van der Waals surface area contributed by atoms with Crippen LogP contribution in [0.4, 0.5) is 14.5 Å². The lowest BCUT2D eigenvalue weighted by molar-refractivity contribution is -0.139. The van der Waals surface area contributed by atoms with Crippen molar-refractivity contribution in [3.05, 3.63) is 17.5 Å². The first-order chi connectivity index (χ1) is 8.01. The maximum absolute atomic E-state index is 12.6. The van der Waals surface area contributed by atoms with Gasteiger partial charge < -0.3 is 15.2 Å². The molecule has 0 saturated heterocycles. The molecule has 0 unspecified atom stereocenters. The lowest BCUT2D eigenvalue weighted by Gasteiger charge is -2.12. The van der Waals surface area contributed by atoms with Gasteiger partial charge in [-0.2, -0.15) is 0 Å². The van der Waals surface area contributed by atoms with Gasteiger partial charge in [0.15, 0.2) is 11.4 Å². The standard InChI is InChI=1S/C10H12F2N2O3/c1-16-6(15)3-5-4-14-8(10(11)12)9(17-2)7(5)13/h4,10H,3H2,1-2H3,(H2,13,14). The van der Waals surface area contributed by atoms with Crippen LogP contribution in [0.15, 0.2) is 6.20 Å². The molecule has 7 heteroatoms. The van der Waals surface area contributed by atoms with Gasteiger partial charge >= 0.3 is 5.97 Å². The van der Waals surface area contributed by atoms with Gasteiger partial charge in [0, 0.05) is 11.8 Å². The molecular formula is C10H12F2N2O3. The van der Waals surface area contributed by atoms with E-state index in [2.05, 4.69) is 9.72 Å². The molecule has 2 N–H and O–H groups in total. The van der Waals surface area contributed by atoms with E-state index in [0.29, 0.717) is 0 Å². The van der Waals surface area contributed by atoms with E-state index in [0.717, 1.165) is 6.20 Å². The largest absolute Gasteiger partial charge is 0.492 e. The maximum Gasteiger partial charge on any atom is 0.310 e. The highest BCUT2D eigenvalue weighted by Crippen LogP contribution is 2.34. The summed E-state index contributed by atoms with van der Waals surface area (Å²) < 4.78 is 34.4. The number of ether oxygens (including phenoxy) is 2. The fourth-order valence-electron chi connectivity index (χ4n) is 1.30. The number of hydrogen-bond acceptors (Lipinski definition) is 5. The number of rotatable bonds is 4. The number of nitrogen functional groups attached to an aromatic ring is 1. The summed E-state index contributed by atoms with van der Waals surface area (Å²) in [6.07, 6.45) is -1.81. The predicted octanol–water partition coefficient (Wildman–Crippen LogP) is 1.33. The molecule has 17 heavy (non-hydrogen) atoms. The van der Waals surface area contributed by atoms with E-state index in [1.165, 1.54) is 14.2 Å². The second-order valence-electron chi connectivity index (χ2n) is 3.17. The number of hydrogen-bond donors (Lipinski definition) is 1. The number of carbonyl (C=O) groups is 1. The van der Waals surface area contributed by atoms with Crippen molar-refractivity contribution in [3.63, 3.8) is 0 Å². The molecular weight excluding hydrogens is 234 g/mol. The third-order valence-electron chi connectivity index (χ3n) is 2.16. The van der Waals surface area contributed by atoms with Gasteiger partial charge in [-0.3, -0.25) is 9.78 Å². The molecule has 1 aromatic heterocycles. The summed E-state index contributed by atoms with van der Waals surface area (Å²) in [5.74, 6) is -0.744. The van der Waals surface area contributed by atoms with Crippen LogP contribution in [-0.4, -0.2) is 25.2 Å². The smallest absolute Gasteiger partial charge is 0.310 e. The molecule has 0 aliphatic rings. The molecule has 5 nitrogen and oxygen atoms in total. The number of carbonyl (C=O) groups excluding carboxylic acids is 1. The van der Waals surface area contributed by atoms with Crippen molar-refractivity contribution in [1.82, 2.24) is 4.98 Å². The van der Waals surface area contributed by atoms with Gasteiger partial charge in [0.2, 0.25) is 0 Å². The minimum absolute atomic E-state index is 0.0248. The zero-order chi connectivity index (χ0) is 13.0. The Morgan fingerprint density at radius 3 is 2.65 bits per heavy atom. The summed E-state index contributed by atoms with van der Waals surface area (Å²) in [6, 6.07) is 0. The van der Waals surface area contributed by atoms with Crippen molar-refractivity contribution in [1.29, 1.82) is 0 Å². The van der Waals surface area contributed by atoms with Crippen LogP contribution in [0.3, 0.4) is 0 Å². The topological polar surface area (TPSA) is 74.4 Å². The summed E-state index contributed by atoms with van der Waals surface area (Å²) in [5.41, 5.74) is 5.35. The van der Waals surface area contributed by atoms with Crippen molar-refractivity contribution in [2.45, 2.75) is 12.8 Å². The van der Waals surface area contributed by atoms with E-state index in [9.17, 15) is 13.6 Å². The molecule has 0 aromatic carbocycles. The van der Waals surface area contributed by atoms with Crippen molar-refractivity contribution < 1.29 is 23.0 Å².